The second-order valence-corrected chi connectivity index (χ2v) is 8.63. The van der Waals surface area contributed by atoms with Crippen LogP contribution in [-0.2, 0) is 6.54 Å². The molecule has 1 aromatic carbocycles. The molecule has 0 bridgehead atoms. The molecule has 5 nitrogen and oxygen atoms in total. The number of halogens is 4. The van der Waals surface area contributed by atoms with Crippen LogP contribution in [0.5, 0.6) is 0 Å². The Morgan fingerprint density at radius 3 is 2.55 bits per heavy atom. The molecule has 0 amide bonds. The van der Waals surface area contributed by atoms with E-state index in [9.17, 15) is 13.2 Å². The zero-order chi connectivity index (χ0) is 21.6. The van der Waals surface area contributed by atoms with Crippen molar-refractivity contribution in [1.82, 2.24) is 20.4 Å². The van der Waals surface area contributed by atoms with Gasteiger partial charge in [-0.05, 0) is 44.2 Å². The van der Waals surface area contributed by atoms with Crippen LogP contribution < -0.4 is 10.6 Å². The average molecular weight is 553 g/mol. The van der Waals surface area contributed by atoms with E-state index in [4.69, 9.17) is 0 Å². The Labute approximate surface area is 200 Å². The van der Waals surface area contributed by atoms with Crippen LogP contribution in [0.4, 0.5) is 13.2 Å². The van der Waals surface area contributed by atoms with E-state index in [1.165, 1.54) is 10.5 Å². The Bertz CT molecular complexity index is 685. The largest absolute Gasteiger partial charge is 0.401 e. The molecule has 2 fully saturated rings. The molecule has 9 heteroatoms. The molecular weight excluding hydrogens is 518 g/mol. The van der Waals surface area contributed by atoms with Gasteiger partial charge >= 0.3 is 6.18 Å². The Morgan fingerprint density at radius 1 is 1.16 bits per heavy atom. The lowest BCUT2D eigenvalue weighted by molar-refractivity contribution is -0.143. The highest BCUT2D eigenvalue weighted by atomic mass is 127. The van der Waals surface area contributed by atoms with E-state index < -0.39 is 12.7 Å². The number of hydrogen-bond donors (Lipinski definition) is 2. The summed E-state index contributed by atoms with van der Waals surface area (Å²) in [5.41, 5.74) is 1.34. The molecule has 0 saturated carbocycles. The van der Waals surface area contributed by atoms with E-state index in [1.54, 1.807) is 7.05 Å². The minimum absolute atomic E-state index is 0. The number of guanidine groups is 1. The number of rotatable bonds is 6. The molecule has 0 radical (unpaired) electrons. The zero-order valence-electron chi connectivity index (χ0n) is 18.4. The zero-order valence-corrected chi connectivity index (χ0v) is 20.7. The summed E-state index contributed by atoms with van der Waals surface area (Å²) in [6.45, 7) is 5.10. The van der Waals surface area contributed by atoms with Crippen molar-refractivity contribution in [3.05, 3.63) is 35.9 Å². The van der Waals surface area contributed by atoms with E-state index in [1.807, 2.05) is 6.07 Å². The minimum Gasteiger partial charge on any atom is -0.356 e. The Balaban J connectivity index is 0.00000341. The maximum absolute atomic E-state index is 12.6. The first-order valence-electron chi connectivity index (χ1n) is 10.9. The van der Waals surface area contributed by atoms with E-state index in [0.29, 0.717) is 31.7 Å². The number of nitrogens with zero attached hydrogens (tertiary/aromatic N) is 3. The van der Waals surface area contributed by atoms with Crippen LogP contribution in [0.2, 0.25) is 0 Å². The average Bonchev–Trinajstić information content (AvgIpc) is 3.13. The van der Waals surface area contributed by atoms with Gasteiger partial charge in [0.15, 0.2) is 5.96 Å². The number of nitrogens with one attached hydrogen (secondary N) is 2. The topological polar surface area (TPSA) is 42.9 Å². The third-order valence-corrected chi connectivity index (χ3v) is 6.14. The van der Waals surface area contributed by atoms with E-state index in [2.05, 4.69) is 51.7 Å². The summed E-state index contributed by atoms with van der Waals surface area (Å²) < 4.78 is 37.7. The fourth-order valence-corrected chi connectivity index (χ4v) is 4.51. The highest BCUT2D eigenvalue weighted by molar-refractivity contribution is 14.0. The van der Waals surface area contributed by atoms with Gasteiger partial charge in [-0.3, -0.25) is 14.8 Å². The number of alkyl halides is 3. The molecular formula is C22H35F3IN5. The van der Waals surface area contributed by atoms with Crippen molar-refractivity contribution >= 4 is 29.9 Å². The molecule has 2 saturated heterocycles. The summed E-state index contributed by atoms with van der Waals surface area (Å²) in [5, 5.41) is 6.84. The minimum atomic E-state index is -4.12. The van der Waals surface area contributed by atoms with Crippen LogP contribution in [0.15, 0.2) is 35.3 Å². The standard InChI is InChI=1S/C22H34F3N5.HI/c1-17-12-20(9-11-30(17)15-18-6-4-3-5-7-18)28-21(26-2)27-13-19-8-10-29(14-19)16-22(23,24)25;/h3-7,17,19-20H,8-16H2,1-2H3,(H2,26,27,28);1H. The van der Waals surface area contributed by atoms with E-state index in [0.717, 1.165) is 38.3 Å². The third-order valence-electron chi connectivity index (χ3n) is 6.14. The molecule has 0 aromatic heterocycles. The molecule has 1 aromatic rings. The van der Waals surface area contributed by atoms with Gasteiger partial charge in [-0.25, -0.2) is 0 Å². The van der Waals surface area contributed by atoms with E-state index in [-0.39, 0.29) is 29.9 Å². The monoisotopic (exact) mass is 553 g/mol. The first-order chi connectivity index (χ1) is 14.3. The summed E-state index contributed by atoms with van der Waals surface area (Å²) >= 11 is 0. The lowest BCUT2D eigenvalue weighted by Gasteiger charge is -2.38. The number of benzene rings is 1. The molecule has 0 aliphatic carbocycles. The van der Waals surface area contributed by atoms with Crippen LogP contribution in [0.1, 0.15) is 31.7 Å². The molecule has 0 spiro atoms. The third kappa shape index (κ3) is 8.76. The predicted molar refractivity (Wildman–Crippen MR) is 130 cm³/mol. The van der Waals surface area contributed by atoms with E-state index >= 15 is 0 Å². The fourth-order valence-electron chi connectivity index (χ4n) is 4.51. The molecule has 31 heavy (non-hydrogen) atoms. The Kier molecular flexibility index (Phi) is 10.3. The number of likely N-dealkylation sites (tertiary alicyclic amines) is 2. The summed E-state index contributed by atoms with van der Waals surface area (Å²) in [7, 11) is 1.74. The van der Waals surface area contributed by atoms with Gasteiger partial charge in [0.05, 0.1) is 6.54 Å². The lowest BCUT2D eigenvalue weighted by atomic mass is 9.97. The normalized spacial score (nSPS) is 25.8. The number of aliphatic imine (C=N–C) groups is 1. The second kappa shape index (κ2) is 12.2. The Hall–Kier alpha value is -1.07. The van der Waals surface area contributed by atoms with Crippen LogP contribution in [-0.4, -0.2) is 73.8 Å². The summed E-state index contributed by atoms with van der Waals surface area (Å²) in [4.78, 5) is 8.32. The first kappa shape index (κ1) is 26.2. The van der Waals surface area contributed by atoms with Gasteiger partial charge in [-0.1, -0.05) is 30.3 Å². The van der Waals surface area contributed by atoms with Gasteiger partial charge in [-0.2, -0.15) is 13.2 Å². The van der Waals surface area contributed by atoms with Crippen molar-refractivity contribution in [2.75, 3.05) is 39.8 Å². The predicted octanol–water partition coefficient (Wildman–Crippen LogP) is 3.71. The highest BCUT2D eigenvalue weighted by Gasteiger charge is 2.34. The SMILES string of the molecule is CN=C(NCC1CCN(CC(F)(F)F)C1)NC1CCN(Cc2ccccc2)C(C)C1.I. The van der Waals surface area contributed by atoms with Crippen molar-refractivity contribution in [1.29, 1.82) is 0 Å². The summed E-state index contributed by atoms with van der Waals surface area (Å²) in [5.74, 6) is 0.968. The molecule has 2 heterocycles. The van der Waals surface area contributed by atoms with Gasteiger partial charge < -0.3 is 10.6 Å². The molecule has 2 N–H and O–H groups in total. The van der Waals surface area contributed by atoms with Crippen molar-refractivity contribution in [3.8, 4) is 0 Å². The van der Waals surface area contributed by atoms with Gasteiger partial charge in [-0.15, -0.1) is 24.0 Å². The smallest absolute Gasteiger partial charge is 0.356 e. The first-order valence-corrected chi connectivity index (χ1v) is 10.9. The van der Waals surface area contributed by atoms with Gasteiger partial charge in [0.1, 0.15) is 0 Å². The summed E-state index contributed by atoms with van der Waals surface area (Å²) in [6.07, 6.45) is -1.25. The summed E-state index contributed by atoms with van der Waals surface area (Å²) in [6, 6.07) is 11.4. The molecule has 3 atom stereocenters. The maximum atomic E-state index is 12.6. The van der Waals surface area contributed by atoms with Crippen LogP contribution in [0, 0.1) is 5.92 Å². The van der Waals surface area contributed by atoms with Gasteiger partial charge in [0.25, 0.3) is 0 Å². The van der Waals surface area contributed by atoms with Crippen LogP contribution >= 0.6 is 24.0 Å². The molecule has 176 valence electrons. The Morgan fingerprint density at radius 2 is 1.90 bits per heavy atom. The quantitative estimate of drug-likeness (QED) is 0.321. The number of piperidine rings is 1. The van der Waals surface area contributed by atoms with Crippen molar-refractivity contribution < 1.29 is 13.2 Å². The fraction of sp³-hybridized carbons (Fsp3) is 0.682. The maximum Gasteiger partial charge on any atom is 0.401 e. The van der Waals surface area contributed by atoms with Gasteiger partial charge in [0, 0.05) is 45.3 Å². The molecule has 2 aliphatic heterocycles. The van der Waals surface area contributed by atoms with Crippen molar-refractivity contribution in [3.63, 3.8) is 0 Å². The number of hydrogen-bond acceptors (Lipinski definition) is 3. The van der Waals surface area contributed by atoms with Gasteiger partial charge in [0.2, 0.25) is 0 Å². The second-order valence-electron chi connectivity index (χ2n) is 8.63. The highest BCUT2D eigenvalue weighted by Crippen LogP contribution is 2.23. The van der Waals surface area contributed by atoms with Crippen molar-refractivity contribution in [2.45, 2.75) is 51.0 Å². The van der Waals surface area contributed by atoms with Crippen LogP contribution in [0.25, 0.3) is 0 Å². The van der Waals surface area contributed by atoms with Crippen molar-refractivity contribution in [2.24, 2.45) is 10.9 Å². The molecule has 2 aliphatic rings. The molecule has 3 unspecified atom stereocenters. The lowest BCUT2D eigenvalue weighted by Crippen LogP contribution is -2.51. The molecule has 3 rings (SSSR count). The van der Waals surface area contributed by atoms with Crippen LogP contribution in [0.3, 0.4) is 0 Å².